The number of carboxylic acid groups (broad SMARTS) is 1. The standard InChI is InChI=1S/C29H44O4S2/c1-3-4-5-6-7-8-9-10-11-12-13-14-15-16-17-18-19-22-27(30)33-26(28(31)32)21-20-23-29(2)24-25-34-35-29/h4-5,7-8,10-11,13-14,16-17,26H,3,6,9,12,15,18-25H2,1-2H3,(H,31,32)/b5-4-,8-7-,11-10-,14-13-,17-16-. The number of hydrogen-bond donors (Lipinski definition) is 1. The lowest BCUT2D eigenvalue weighted by Gasteiger charge is -2.22. The van der Waals surface area contributed by atoms with E-state index in [0.29, 0.717) is 12.8 Å². The van der Waals surface area contributed by atoms with Gasteiger partial charge in [-0.2, -0.15) is 0 Å². The first-order chi connectivity index (χ1) is 17.0. The van der Waals surface area contributed by atoms with Crippen LogP contribution in [0.25, 0.3) is 0 Å². The first-order valence-electron chi connectivity index (χ1n) is 12.9. The molecule has 0 spiro atoms. The summed E-state index contributed by atoms with van der Waals surface area (Å²) in [7, 11) is 3.77. The van der Waals surface area contributed by atoms with E-state index in [1.54, 1.807) is 0 Å². The van der Waals surface area contributed by atoms with E-state index in [4.69, 9.17) is 4.74 Å². The summed E-state index contributed by atoms with van der Waals surface area (Å²) in [6.45, 7) is 4.37. The first-order valence-corrected chi connectivity index (χ1v) is 15.3. The van der Waals surface area contributed by atoms with Gasteiger partial charge >= 0.3 is 11.9 Å². The van der Waals surface area contributed by atoms with E-state index in [9.17, 15) is 14.7 Å². The number of aliphatic carboxylic acids is 1. The van der Waals surface area contributed by atoms with E-state index in [2.05, 4.69) is 74.6 Å². The Balaban J connectivity index is 2.08. The second-order valence-corrected chi connectivity index (χ2v) is 11.9. The van der Waals surface area contributed by atoms with Crippen LogP contribution in [0.15, 0.2) is 60.8 Å². The van der Waals surface area contributed by atoms with E-state index in [1.807, 2.05) is 21.6 Å². The van der Waals surface area contributed by atoms with Crippen LogP contribution < -0.4 is 0 Å². The summed E-state index contributed by atoms with van der Waals surface area (Å²) in [6, 6.07) is 0. The Morgan fingerprint density at radius 3 is 2.00 bits per heavy atom. The van der Waals surface area contributed by atoms with E-state index in [0.717, 1.165) is 63.5 Å². The molecule has 1 fully saturated rings. The summed E-state index contributed by atoms with van der Waals surface area (Å²) >= 11 is 0. The third-order valence-corrected chi connectivity index (χ3v) is 8.96. The largest absolute Gasteiger partial charge is 0.479 e. The van der Waals surface area contributed by atoms with Gasteiger partial charge in [-0.25, -0.2) is 4.79 Å². The fraction of sp³-hybridized carbons (Fsp3) is 0.586. The molecule has 2 unspecified atom stereocenters. The van der Waals surface area contributed by atoms with Crippen LogP contribution in [0.4, 0.5) is 0 Å². The minimum absolute atomic E-state index is 0.221. The number of carbonyl (C=O) groups excluding carboxylic acids is 1. The van der Waals surface area contributed by atoms with Gasteiger partial charge in [0, 0.05) is 16.9 Å². The Labute approximate surface area is 220 Å². The zero-order chi connectivity index (χ0) is 25.6. The van der Waals surface area contributed by atoms with Crippen LogP contribution in [0.1, 0.15) is 90.9 Å². The molecule has 1 aliphatic rings. The second-order valence-electron chi connectivity index (χ2n) is 8.91. The smallest absolute Gasteiger partial charge is 0.345 e. The molecule has 1 rings (SSSR count). The third-order valence-electron chi connectivity index (χ3n) is 5.60. The minimum atomic E-state index is -1.05. The zero-order valence-electron chi connectivity index (χ0n) is 21.5. The third kappa shape index (κ3) is 17.4. The van der Waals surface area contributed by atoms with Gasteiger partial charge in [0.2, 0.25) is 0 Å². The fourth-order valence-corrected chi connectivity index (χ4v) is 6.79. The second kappa shape index (κ2) is 20.5. The van der Waals surface area contributed by atoms with Gasteiger partial charge in [-0.3, -0.25) is 4.79 Å². The Kier molecular flexibility index (Phi) is 18.4. The van der Waals surface area contributed by atoms with Gasteiger partial charge in [-0.05, 0) is 77.6 Å². The molecule has 4 nitrogen and oxygen atoms in total. The van der Waals surface area contributed by atoms with Crippen molar-refractivity contribution in [2.24, 2.45) is 0 Å². The Hall–Kier alpha value is -1.66. The van der Waals surface area contributed by atoms with Gasteiger partial charge in [0.1, 0.15) is 0 Å². The molecule has 2 atom stereocenters. The normalized spacial score (nSPS) is 19.7. The number of rotatable bonds is 19. The molecule has 0 aliphatic carbocycles. The van der Waals surface area contributed by atoms with E-state index in [-0.39, 0.29) is 11.2 Å². The first kappa shape index (κ1) is 31.4. The maximum Gasteiger partial charge on any atom is 0.345 e. The van der Waals surface area contributed by atoms with Crippen LogP contribution in [0.5, 0.6) is 0 Å². The summed E-state index contributed by atoms with van der Waals surface area (Å²) in [5.74, 6) is -0.312. The number of unbranched alkanes of at least 4 members (excludes halogenated alkanes) is 1. The summed E-state index contributed by atoms with van der Waals surface area (Å²) in [4.78, 5) is 23.5. The van der Waals surface area contributed by atoms with Crippen molar-refractivity contribution >= 4 is 33.5 Å². The molecular formula is C29H44O4S2. The number of carbonyl (C=O) groups is 2. The van der Waals surface area contributed by atoms with Crippen molar-refractivity contribution in [3.8, 4) is 0 Å². The average Bonchev–Trinajstić information content (AvgIpc) is 3.26. The number of hydrogen-bond acceptors (Lipinski definition) is 5. The van der Waals surface area contributed by atoms with Crippen molar-refractivity contribution in [1.29, 1.82) is 0 Å². The van der Waals surface area contributed by atoms with Crippen LogP contribution in [-0.4, -0.2) is 33.6 Å². The SMILES string of the molecule is CC/C=C\C/C=C\C/C=C\C/C=C\C/C=C\CCCC(=O)OC(CCCC1(C)CCSS1)C(=O)O. The molecule has 0 aromatic carbocycles. The quantitative estimate of drug-likeness (QED) is 0.0796. The molecular weight excluding hydrogens is 476 g/mol. The average molecular weight is 521 g/mol. The molecule has 0 radical (unpaired) electrons. The minimum Gasteiger partial charge on any atom is -0.479 e. The Bertz CT molecular complexity index is 731. The fourth-order valence-electron chi connectivity index (χ4n) is 3.49. The molecule has 0 amide bonds. The molecule has 196 valence electrons. The molecule has 0 aromatic heterocycles. The lowest BCUT2D eigenvalue weighted by molar-refractivity contribution is -0.164. The topological polar surface area (TPSA) is 63.6 Å². The molecule has 1 N–H and O–H groups in total. The van der Waals surface area contributed by atoms with Crippen LogP contribution >= 0.6 is 21.6 Å². The van der Waals surface area contributed by atoms with Gasteiger partial charge in [-0.15, -0.1) is 0 Å². The van der Waals surface area contributed by atoms with Crippen LogP contribution in [0.3, 0.4) is 0 Å². The summed E-state index contributed by atoms with van der Waals surface area (Å²) in [5, 5.41) is 9.39. The van der Waals surface area contributed by atoms with Crippen LogP contribution in [-0.2, 0) is 14.3 Å². The highest BCUT2D eigenvalue weighted by Crippen LogP contribution is 2.49. The Morgan fingerprint density at radius 1 is 0.914 bits per heavy atom. The van der Waals surface area contributed by atoms with Gasteiger partial charge in [-0.1, -0.05) is 89.3 Å². The van der Waals surface area contributed by atoms with E-state index >= 15 is 0 Å². The molecule has 1 heterocycles. The van der Waals surface area contributed by atoms with Crippen molar-refractivity contribution in [1.82, 2.24) is 0 Å². The maximum atomic E-state index is 12.1. The molecule has 1 saturated heterocycles. The summed E-state index contributed by atoms with van der Waals surface area (Å²) in [5.41, 5.74) is 0. The molecule has 6 heteroatoms. The van der Waals surface area contributed by atoms with Gasteiger partial charge in [0.15, 0.2) is 6.10 Å². The monoisotopic (exact) mass is 520 g/mol. The highest BCUT2D eigenvalue weighted by atomic mass is 33.1. The predicted molar refractivity (Wildman–Crippen MR) is 153 cm³/mol. The molecule has 0 aromatic rings. The highest BCUT2D eigenvalue weighted by Gasteiger charge is 2.31. The Morgan fingerprint density at radius 2 is 1.49 bits per heavy atom. The summed E-state index contributed by atoms with van der Waals surface area (Å²) in [6.07, 6.45) is 30.4. The molecule has 35 heavy (non-hydrogen) atoms. The van der Waals surface area contributed by atoms with Crippen molar-refractivity contribution in [3.63, 3.8) is 0 Å². The lowest BCUT2D eigenvalue weighted by Crippen LogP contribution is -2.28. The van der Waals surface area contributed by atoms with Crippen molar-refractivity contribution in [2.75, 3.05) is 5.75 Å². The number of ether oxygens (including phenoxy) is 1. The van der Waals surface area contributed by atoms with E-state index < -0.39 is 18.0 Å². The predicted octanol–water partition coefficient (Wildman–Crippen LogP) is 8.62. The zero-order valence-corrected chi connectivity index (χ0v) is 23.2. The summed E-state index contributed by atoms with van der Waals surface area (Å²) < 4.78 is 5.46. The van der Waals surface area contributed by atoms with Gasteiger partial charge in [0.25, 0.3) is 0 Å². The number of allylic oxidation sites excluding steroid dienone is 10. The molecule has 0 saturated carbocycles. The van der Waals surface area contributed by atoms with Gasteiger partial charge < -0.3 is 9.84 Å². The lowest BCUT2D eigenvalue weighted by atomic mass is 9.99. The maximum absolute atomic E-state index is 12.1. The van der Waals surface area contributed by atoms with Gasteiger partial charge in [0.05, 0.1) is 0 Å². The molecule has 0 bridgehead atoms. The molecule has 1 aliphatic heterocycles. The van der Waals surface area contributed by atoms with Crippen LogP contribution in [0.2, 0.25) is 0 Å². The van der Waals surface area contributed by atoms with Crippen molar-refractivity contribution < 1.29 is 19.4 Å². The van der Waals surface area contributed by atoms with E-state index in [1.165, 1.54) is 0 Å². The number of esters is 1. The van der Waals surface area contributed by atoms with Crippen molar-refractivity contribution in [3.05, 3.63) is 60.8 Å². The van der Waals surface area contributed by atoms with Crippen LogP contribution in [0, 0.1) is 0 Å². The number of carboxylic acids is 1. The highest BCUT2D eigenvalue weighted by molar-refractivity contribution is 8.77. The van der Waals surface area contributed by atoms with Crippen molar-refractivity contribution in [2.45, 2.75) is 102 Å².